The van der Waals surface area contributed by atoms with Crippen molar-refractivity contribution in [1.82, 2.24) is 15.1 Å². The van der Waals surface area contributed by atoms with Crippen molar-refractivity contribution in [3.8, 4) is 11.5 Å². The molecule has 0 saturated carbocycles. The van der Waals surface area contributed by atoms with E-state index in [4.69, 9.17) is 13.9 Å². The minimum Gasteiger partial charge on any atom is -0.494 e. The molecule has 1 aromatic heterocycles. The molecule has 1 fully saturated rings. The molecule has 1 aliphatic rings. The van der Waals surface area contributed by atoms with Crippen LogP contribution in [0.15, 0.2) is 47.1 Å². The van der Waals surface area contributed by atoms with E-state index in [1.807, 2.05) is 31.2 Å². The summed E-state index contributed by atoms with van der Waals surface area (Å²) in [7, 11) is 0. The summed E-state index contributed by atoms with van der Waals surface area (Å²) in [6.45, 7) is 5.20. The first kappa shape index (κ1) is 19.6. The second-order valence-electron chi connectivity index (χ2n) is 6.24. The zero-order valence-corrected chi connectivity index (χ0v) is 15.9. The van der Waals surface area contributed by atoms with Gasteiger partial charge in [-0.2, -0.15) is 0 Å². The number of hydrogen-bond donors (Lipinski definition) is 1. The Morgan fingerprint density at radius 2 is 1.75 bits per heavy atom. The van der Waals surface area contributed by atoms with Crippen molar-refractivity contribution in [2.24, 2.45) is 0 Å². The Kier molecular flexibility index (Phi) is 6.78. The average molecular weight is 387 g/mol. The van der Waals surface area contributed by atoms with Gasteiger partial charge < -0.3 is 29.0 Å². The van der Waals surface area contributed by atoms with E-state index in [-0.39, 0.29) is 11.9 Å². The molecule has 0 unspecified atom stereocenters. The van der Waals surface area contributed by atoms with Crippen LogP contribution in [0.25, 0.3) is 0 Å². The Hall–Kier alpha value is -3.16. The van der Waals surface area contributed by atoms with Crippen LogP contribution in [-0.4, -0.2) is 67.7 Å². The number of urea groups is 1. The van der Waals surface area contributed by atoms with Gasteiger partial charge in [0.2, 0.25) is 0 Å². The Morgan fingerprint density at radius 1 is 1.04 bits per heavy atom. The number of carbonyl (C=O) groups is 2. The molecule has 1 saturated heterocycles. The smallest absolute Gasteiger partial charge is 0.317 e. The van der Waals surface area contributed by atoms with Gasteiger partial charge in [0, 0.05) is 32.2 Å². The number of nitrogens with one attached hydrogen (secondary N) is 1. The zero-order valence-electron chi connectivity index (χ0n) is 15.9. The standard InChI is InChI=1S/C20H25N3O5/c1-2-26-16-5-3-6-17(15-16)27-14-8-21-20(25)23-11-9-22(10-12-23)19(24)18-7-4-13-28-18/h3-7,13,15H,2,8-12,14H2,1H3,(H,21,25). The van der Waals surface area contributed by atoms with Crippen LogP contribution in [-0.2, 0) is 0 Å². The number of carbonyl (C=O) groups excluding carboxylic acids is 2. The number of ether oxygens (including phenoxy) is 2. The minimum atomic E-state index is -0.156. The maximum absolute atomic E-state index is 12.3. The van der Waals surface area contributed by atoms with Crippen molar-refractivity contribution in [2.45, 2.75) is 6.92 Å². The molecule has 1 aliphatic heterocycles. The maximum Gasteiger partial charge on any atom is 0.317 e. The maximum atomic E-state index is 12.3. The van der Waals surface area contributed by atoms with Crippen molar-refractivity contribution >= 4 is 11.9 Å². The first-order valence-corrected chi connectivity index (χ1v) is 9.38. The summed E-state index contributed by atoms with van der Waals surface area (Å²) in [5, 5.41) is 2.84. The summed E-state index contributed by atoms with van der Waals surface area (Å²) in [6.07, 6.45) is 1.48. The van der Waals surface area contributed by atoms with E-state index in [1.54, 1.807) is 21.9 Å². The number of amides is 3. The molecule has 0 spiro atoms. The van der Waals surface area contributed by atoms with Crippen LogP contribution >= 0.6 is 0 Å². The fraction of sp³-hybridized carbons (Fsp3) is 0.400. The third kappa shape index (κ3) is 5.18. The Morgan fingerprint density at radius 3 is 2.43 bits per heavy atom. The van der Waals surface area contributed by atoms with Gasteiger partial charge in [0.15, 0.2) is 5.76 Å². The van der Waals surface area contributed by atoms with Gasteiger partial charge in [0.25, 0.3) is 5.91 Å². The molecule has 2 aromatic rings. The van der Waals surface area contributed by atoms with E-state index in [0.717, 1.165) is 5.75 Å². The van der Waals surface area contributed by atoms with Gasteiger partial charge in [-0.05, 0) is 31.2 Å². The predicted molar refractivity (Wildman–Crippen MR) is 103 cm³/mol. The van der Waals surface area contributed by atoms with E-state index >= 15 is 0 Å². The molecule has 2 heterocycles. The lowest BCUT2D eigenvalue weighted by atomic mass is 10.3. The van der Waals surface area contributed by atoms with Crippen LogP contribution in [0.3, 0.4) is 0 Å². The molecule has 0 bridgehead atoms. The molecule has 3 rings (SSSR count). The lowest BCUT2D eigenvalue weighted by molar-refractivity contribution is 0.0634. The summed E-state index contributed by atoms with van der Waals surface area (Å²) in [5.74, 6) is 1.63. The molecule has 0 radical (unpaired) electrons. The first-order chi connectivity index (χ1) is 13.7. The highest BCUT2D eigenvalue weighted by atomic mass is 16.5. The van der Waals surface area contributed by atoms with Crippen molar-refractivity contribution in [1.29, 1.82) is 0 Å². The Labute approximate surface area is 164 Å². The monoisotopic (exact) mass is 387 g/mol. The third-order valence-electron chi connectivity index (χ3n) is 4.35. The van der Waals surface area contributed by atoms with Gasteiger partial charge in [-0.25, -0.2) is 4.79 Å². The molecule has 1 N–H and O–H groups in total. The minimum absolute atomic E-state index is 0.146. The average Bonchev–Trinajstić information content (AvgIpc) is 3.26. The Bertz CT molecular complexity index is 770. The predicted octanol–water partition coefficient (Wildman–Crippen LogP) is 2.22. The van der Waals surface area contributed by atoms with Crippen molar-refractivity contribution in [3.63, 3.8) is 0 Å². The largest absolute Gasteiger partial charge is 0.494 e. The number of nitrogens with zero attached hydrogens (tertiary/aromatic N) is 2. The lowest BCUT2D eigenvalue weighted by Crippen LogP contribution is -2.53. The van der Waals surface area contributed by atoms with Gasteiger partial charge in [0.05, 0.1) is 19.4 Å². The number of piperazine rings is 1. The highest BCUT2D eigenvalue weighted by molar-refractivity contribution is 5.91. The molecular formula is C20H25N3O5. The van der Waals surface area contributed by atoms with E-state index in [1.165, 1.54) is 6.26 Å². The van der Waals surface area contributed by atoms with Crippen molar-refractivity contribution < 1.29 is 23.5 Å². The molecule has 3 amide bonds. The van der Waals surface area contributed by atoms with Crippen molar-refractivity contribution in [3.05, 3.63) is 48.4 Å². The molecule has 150 valence electrons. The quantitative estimate of drug-likeness (QED) is 0.737. The topological polar surface area (TPSA) is 84.3 Å². The molecule has 8 nitrogen and oxygen atoms in total. The highest BCUT2D eigenvalue weighted by Gasteiger charge is 2.25. The van der Waals surface area contributed by atoms with Crippen LogP contribution in [0.2, 0.25) is 0 Å². The number of furan rings is 1. The van der Waals surface area contributed by atoms with Crippen LogP contribution in [0, 0.1) is 0 Å². The van der Waals surface area contributed by atoms with Gasteiger partial charge in [-0.3, -0.25) is 4.79 Å². The van der Waals surface area contributed by atoms with Crippen LogP contribution < -0.4 is 14.8 Å². The number of rotatable bonds is 7. The second kappa shape index (κ2) is 9.68. The van der Waals surface area contributed by atoms with Crippen molar-refractivity contribution in [2.75, 3.05) is 45.9 Å². The lowest BCUT2D eigenvalue weighted by Gasteiger charge is -2.34. The van der Waals surface area contributed by atoms with Gasteiger partial charge >= 0.3 is 6.03 Å². The zero-order chi connectivity index (χ0) is 19.8. The summed E-state index contributed by atoms with van der Waals surface area (Å²) in [5.41, 5.74) is 0. The van der Waals surface area contributed by atoms with E-state index < -0.39 is 0 Å². The van der Waals surface area contributed by atoms with E-state index in [9.17, 15) is 9.59 Å². The molecule has 0 atom stereocenters. The third-order valence-corrected chi connectivity index (χ3v) is 4.35. The van der Waals surface area contributed by atoms with Gasteiger partial charge in [0.1, 0.15) is 18.1 Å². The number of benzene rings is 1. The van der Waals surface area contributed by atoms with Crippen LogP contribution in [0.4, 0.5) is 4.79 Å². The van der Waals surface area contributed by atoms with Crippen LogP contribution in [0.1, 0.15) is 17.5 Å². The summed E-state index contributed by atoms with van der Waals surface area (Å²) >= 11 is 0. The first-order valence-electron chi connectivity index (χ1n) is 9.38. The molecule has 28 heavy (non-hydrogen) atoms. The second-order valence-corrected chi connectivity index (χ2v) is 6.24. The molecule has 0 aliphatic carbocycles. The number of hydrogen-bond acceptors (Lipinski definition) is 5. The summed E-state index contributed by atoms with van der Waals surface area (Å²) < 4.78 is 16.2. The summed E-state index contributed by atoms with van der Waals surface area (Å²) in [4.78, 5) is 27.9. The van der Waals surface area contributed by atoms with Crippen LogP contribution in [0.5, 0.6) is 11.5 Å². The summed E-state index contributed by atoms with van der Waals surface area (Å²) in [6, 6.07) is 10.6. The fourth-order valence-corrected chi connectivity index (χ4v) is 2.93. The van der Waals surface area contributed by atoms with Gasteiger partial charge in [-0.1, -0.05) is 6.07 Å². The Balaban J connectivity index is 1.36. The molecular weight excluding hydrogens is 362 g/mol. The van der Waals surface area contributed by atoms with Gasteiger partial charge in [-0.15, -0.1) is 0 Å². The fourth-order valence-electron chi connectivity index (χ4n) is 2.93. The molecule has 8 heteroatoms. The van der Waals surface area contributed by atoms with E-state index in [2.05, 4.69) is 5.32 Å². The highest BCUT2D eigenvalue weighted by Crippen LogP contribution is 2.19. The van der Waals surface area contributed by atoms with E-state index in [0.29, 0.717) is 57.4 Å². The normalized spacial score (nSPS) is 13.9. The SMILES string of the molecule is CCOc1cccc(OCCNC(=O)N2CCN(C(=O)c3ccco3)CC2)c1. The molecule has 1 aromatic carbocycles.